The van der Waals surface area contributed by atoms with Gasteiger partial charge in [-0.3, -0.25) is 14.4 Å². The summed E-state index contributed by atoms with van der Waals surface area (Å²) in [6, 6.07) is 10.8. The SMILES string of the molecule is CC[C@@H](C)NC(=O)C(=O)N/N=C\c1ccc(OCC(=O)Nc2c(C)cc(C)cc2C)cc1. The molecule has 0 bridgehead atoms. The van der Waals surface area contributed by atoms with Crippen molar-refractivity contribution < 1.29 is 19.1 Å². The number of nitrogens with zero attached hydrogens (tertiary/aromatic N) is 1. The molecule has 0 saturated heterocycles. The summed E-state index contributed by atoms with van der Waals surface area (Å²) < 4.78 is 5.54. The molecule has 0 aliphatic heterocycles. The summed E-state index contributed by atoms with van der Waals surface area (Å²) in [6.07, 6.45) is 2.14. The van der Waals surface area contributed by atoms with Crippen molar-refractivity contribution in [3.05, 3.63) is 58.7 Å². The second kappa shape index (κ2) is 11.6. The number of nitrogens with one attached hydrogen (secondary N) is 3. The van der Waals surface area contributed by atoms with Gasteiger partial charge in [0.1, 0.15) is 5.75 Å². The van der Waals surface area contributed by atoms with Crippen LogP contribution in [0.15, 0.2) is 41.5 Å². The zero-order valence-electron chi connectivity index (χ0n) is 19.1. The topological polar surface area (TPSA) is 109 Å². The molecule has 1 atom stereocenters. The molecule has 2 rings (SSSR count). The first kappa shape index (κ1) is 24.6. The number of hydrazone groups is 1. The van der Waals surface area contributed by atoms with Crippen molar-refractivity contribution in [2.75, 3.05) is 11.9 Å². The minimum atomic E-state index is -0.827. The molecule has 0 radical (unpaired) electrons. The summed E-state index contributed by atoms with van der Waals surface area (Å²) in [5.41, 5.74) is 6.83. The van der Waals surface area contributed by atoms with Crippen LogP contribution in [0, 0.1) is 20.8 Å². The lowest BCUT2D eigenvalue weighted by molar-refractivity contribution is -0.139. The van der Waals surface area contributed by atoms with E-state index in [0.29, 0.717) is 11.3 Å². The molecule has 2 aromatic rings. The number of rotatable bonds is 8. The molecule has 170 valence electrons. The van der Waals surface area contributed by atoms with E-state index in [2.05, 4.69) is 21.2 Å². The molecule has 0 aliphatic carbocycles. The van der Waals surface area contributed by atoms with Crippen LogP contribution in [-0.2, 0) is 14.4 Å². The number of benzene rings is 2. The quantitative estimate of drug-likeness (QED) is 0.334. The molecule has 2 aromatic carbocycles. The van der Waals surface area contributed by atoms with Gasteiger partial charge in [0.25, 0.3) is 5.91 Å². The van der Waals surface area contributed by atoms with Gasteiger partial charge in [-0.05, 0) is 75.1 Å². The van der Waals surface area contributed by atoms with E-state index < -0.39 is 11.8 Å². The van der Waals surface area contributed by atoms with Crippen LogP contribution in [0.25, 0.3) is 0 Å². The number of aryl methyl sites for hydroxylation is 3. The van der Waals surface area contributed by atoms with Crippen molar-refractivity contribution >= 4 is 29.6 Å². The first-order valence-electron chi connectivity index (χ1n) is 10.4. The van der Waals surface area contributed by atoms with Crippen LogP contribution in [0.5, 0.6) is 5.75 Å². The number of hydrogen-bond donors (Lipinski definition) is 3. The number of ether oxygens (including phenoxy) is 1. The third-order valence-corrected chi connectivity index (χ3v) is 4.77. The molecule has 32 heavy (non-hydrogen) atoms. The smallest absolute Gasteiger partial charge is 0.329 e. The van der Waals surface area contributed by atoms with Gasteiger partial charge >= 0.3 is 11.8 Å². The second-order valence-electron chi connectivity index (χ2n) is 7.66. The lowest BCUT2D eigenvalue weighted by Crippen LogP contribution is -2.41. The monoisotopic (exact) mass is 438 g/mol. The van der Waals surface area contributed by atoms with Gasteiger partial charge in [-0.1, -0.05) is 24.6 Å². The standard InChI is InChI=1S/C24H30N4O4/c1-6-18(5)26-23(30)24(31)28-25-13-19-7-9-20(10-8-19)32-14-21(29)27-22-16(3)11-15(2)12-17(22)4/h7-13,18H,6,14H2,1-5H3,(H,26,30)(H,27,29)(H,28,31)/b25-13-/t18-/m1/s1. The van der Waals surface area contributed by atoms with Gasteiger partial charge in [0.05, 0.1) is 6.21 Å². The van der Waals surface area contributed by atoms with E-state index in [1.807, 2.05) is 46.8 Å². The Morgan fingerprint density at radius 1 is 1.03 bits per heavy atom. The highest BCUT2D eigenvalue weighted by molar-refractivity contribution is 6.35. The fourth-order valence-electron chi connectivity index (χ4n) is 2.96. The van der Waals surface area contributed by atoms with Crippen molar-refractivity contribution in [2.24, 2.45) is 5.10 Å². The molecular formula is C24H30N4O4. The molecule has 0 saturated carbocycles. The number of amides is 3. The van der Waals surface area contributed by atoms with E-state index in [9.17, 15) is 14.4 Å². The van der Waals surface area contributed by atoms with Gasteiger partial charge in [-0.15, -0.1) is 0 Å². The van der Waals surface area contributed by atoms with Crippen LogP contribution in [0.3, 0.4) is 0 Å². The summed E-state index contributed by atoms with van der Waals surface area (Å²) in [5, 5.41) is 9.23. The molecule has 0 aromatic heterocycles. The summed E-state index contributed by atoms with van der Waals surface area (Å²) in [7, 11) is 0. The third kappa shape index (κ3) is 7.54. The summed E-state index contributed by atoms with van der Waals surface area (Å²) in [6.45, 7) is 9.52. The Morgan fingerprint density at radius 3 is 2.25 bits per heavy atom. The second-order valence-corrected chi connectivity index (χ2v) is 7.66. The van der Waals surface area contributed by atoms with Crippen LogP contribution in [0.2, 0.25) is 0 Å². The molecule has 0 aliphatic rings. The molecule has 0 heterocycles. The fraction of sp³-hybridized carbons (Fsp3) is 0.333. The Bertz CT molecular complexity index is 977. The van der Waals surface area contributed by atoms with E-state index in [0.717, 1.165) is 28.8 Å². The molecule has 3 N–H and O–H groups in total. The van der Waals surface area contributed by atoms with E-state index in [1.165, 1.54) is 6.21 Å². The average molecular weight is 439 g/mol. The molecule has 3 amide bonds. The van der Waals surface area contributed by atoms with Gasteiger partial charge in [0, 0.05) is 11.7 Å². The van der Waals surface area contributed by atoms with Crippen molar-refractivity contribution in [3.8, 4) is 5.75 Å². The van der Waals surface area contributed by atoms with Crippen LogP contribution in [-0.4, -0.2) is 36.6 Å². The molecule has 0 spiro atoms. The lowest BCUT2D eigenvalue weighted by Gasteiger charge is -2.13. The molecule has 8 nitrogen and oxygen atoms in total. The zero-order valence-corrected chi connectivity index (χ0v) is 19.1. The Labute approximate surface area is 188 Å². The lowest BCUT2D eigenvalue weighted by atomic mass is 10.1. The van der Waals surface area contributed by atoms with Crippen LogP contribution in [0.4, 0.5) is 5.69 Å². The predicted molar refractivity (Wildman–Crippen MR) is 125 cm³/mol. The zero-order chi connectivity index (χ0) is 23.7. The van der Waals surface area contributed by atoms with Gasteiger partial charge in [-0.25, -0.2) is 5.43 Å². The van der Waals surface area contributed by atoms with Crippen molar-refractivity contribution in [1.29, 1.82) is 0 Å². The van der Waals surface area contributed by atoms with Crippen molar-refractivity contribution in [1.82, 2.24) is 10.7 Å². The summed E-state index contributed by atoms with van der Waals surface area (Å²) in [5.74, 6) is -1.28. The molecular weight excluding hydrogens is 408 g/mol. The number of anilines is 1. The van der Waals surface area contributed by atoms with Crippen LogP contribution in [0.1, 0.15) is 42.5 Å². The average Bonchev–Trinajstić information content (AvgIpc) is 2.75. The predicted octanol–water partition coefficient (Wildman–Crippen LogP) is 2.99. The molecule has 8 heteroatoms. The van der Waals surface area contributed by atoms with E-state index in [-0.39, 0.29) is 18.6 Å². The van der Waals surface area contributed by atoms with Gasteiger partial charge in [0.15, 0.2) is 6.61 Å². The molecule has 0 unspecified atom stereocenters. The highest BCUT2D eigenvalue weighted by atomic mass is 16.5. The Morgan fingerprint density at radius 2 is 1.66 bits per heavy atom. The maximum absolute atomic E-state index is 12.3. The van der Waals surface area contributed by atoms with E-state index in [4.69, 9.17) is 4.74 Å². The number of carbonyl (C=O) groups is 3. The van der Waals surface area contributed by atoms with Crippen molar-refractivity contribution in [2.45, 2.75) is 47.1 Å². The summed E-state index contributed by atoms with van der Waals surface area (Å²) in [4.78, 5) is 35.6. The Hall–Kier alpha value is -3.68. The van der Waals surface area contributed by atoms with E-state index >= 15 is 0 Å². The number of carbonyl (C=O) groups excluding carboxylic acids is 3. The highest BCUT2D eigenvalue weighted by Gasteiger charge is 2.14. The maximum atomic E-state index is 12.3. The maximum Gasteiger partial charge on any atom is 0.329 e. The largest absolute Gasteiger partial charge is 0.484 e. The van der Waals surface area contributed by atoms with E-state index in [1.54, 1.807) is 24.3 Å². The minimum Gasteiger partial charge on any atom is -0.484 e. The van der Waals surface area contributed by atoms with Gasteiger partial charge in [-0.2, -0.15) is 5.10 Å². The first-order valence-corrected chi connectivity index (χ1v) is 10.4. The third-order valence-electron chi connectivity index (χ3n) is 4.77. The normalized spacial score (nSPS) is 11.7. The Balaban J connectivity index is 1.83. The molecule has 0 fully saturated rings. The summed E-state index contributed by atoms with van der Waals surface area (Å²) >= 11 is 0. The first-order chi connectivity index (χ1) is 15.2. The van der Waals surface area contributed by atoms with Gasteiger partial charge in [0.2, 0.25) is 0 Å². The minimum absolute atomic E-state index is 0.0863. The van der Waals surface area contributed by atoms with Gasteiger partial charge < -0.3 is 15.4 Å². The highest BCUT2D eigenvalue weighted by Crippen LogP contribution is 2.22. The van der Waals surface area contributed by atoms with Crippen LogP contribution >= 0.6 is 0 Å². The van der Waals surface area contributed by atoms with Crippen molar-refractivity contribution in [3.63, 3.8) is 0 Å². The number of hydrogen-bond acceptors (Lipinski definition) is 5. The Kier molecular flexibility index (Phi) is 8.95. The fourth-order valence-corrected chi connectivity index (χ4v) is 2.96. The van der Waals surface area contributed by atoms with Crippen LogP contribution < -0.4 is 20.8 Å².